The van der Waals surface area contributed by atoms with E-state index < -0.39 is 0 Å². The highest BCUT2D eigenvalue weighted by atomic mass is 35.5. The largest absolute Gasteiger partial charge is 0.353 e. The fourth-order valence-electron chi connectivity index (χ4n) is 3.10. The van der Waals surface area contributed by atoms with Gasteiger partial charge in [0.1, 0.15) is 11.9 Å². The number of hydrogen-bond donors (Lipinski definition) is 0. The maximum atomic E-state index is 8.88. The van der Waals surface area contributed by atoms with Crippen molar-refractivity contribution in [3.05, 3.63) is 52.3 Å². The molecule has 1 fully saturated rings. The van der Waals surface area contributed by atoms with Crippen molar-refractivity contribution < 1.29 is 0 Å². The Kier molecular flexibility index (Phi) is 4.49. The topological polar surface area (TPSA) is 68.9 Å². The highest BCUT2D eigenvalue weighted by molar-refractivity contribution is 6.35. The molecule has 0 atom stereocenters. The molecule has 0 amide bonds. The van der Waals surface area contributed by atoms with Gasteiger partial charge in [0.15, 0.2) is 11.0 Å². The molecular weight excluding hydrogens is 371 g/mol. The van der Waals surface area contributed by atoms with Gasteiger partial charge in [0.25, 0.3) is 0 Å². The molecule has 130 valence electrons. The van der Waals surface area contributed by atoms with Crippen molar-refractivity contribution in [2.24, 2.45) is 0 Å². The highest BCUT2D eigenvalue weighted by Crippen LogP contribution is 2.31. The van der Waals surface area contributed by atoms with Crippen molar-refractivity contribution in [2.75, 3.05) is 36.0 Å². The average molecular weight is 385 g/mol. The summed E-state index contributed by atoms with van der Waals surface area (Å²) in [5.74, 6) is 1.66. The van der Waals surface area contributed by atoms with E-state index in [1.54, 1.807) is 18.3 Å². The monoisotopic (exact) mass is 384 g/mol. The van der Waals surface area contributed by atoms with Gasteiger partial charge in [-0.2, -0.15) is 5.26 Å². The zero-order valence-corrected chi connectivity index (χ0v) is 15.2. The van der Waals surface area contributed by atoms with Crippen molar-refractivity contribution in [2.45, 2.75) is 0 Å². The summed E-state index contributed by atoms with van der Waals surface area (Å²) in [6.07, 6.45) is 1.60. The van der Waals surface area contributed by atoms with Crippen molar-refractivity contribution in [1.82, 2.24) is 15.2 Å². The minimum atomic E-state index is 0.376. The number of hydrogen-bond acceptors (Lipinski definition) is 6. The smallest absolute Gasteiger partial charge is 0.159 e. The summed E-state index contributed by atoms with van der Waals surface area (Å²) in [4.78, 5) is 8.74. The van der Waals surface area contributed by atoms with E-state index in [1.165, 1.54) is 0 Å². The Morgan fingerprint density at radius 2 is 1.69 bits per heavy atom. The van der Waals surface area contributed by atoms with E-state index in [0.29, 0.717) is 15.7 Å². The van der Waals surface area contributed by atoms with Crippen LogP contribution >= 0.6 is 23.2 Å². The van der Waals surface area contributed by atoms with Gasteiger partial charge < -0.3 is 9.80 Å². The Labute approximate surface area is 160 Å². The summed E-state index contributed by atoms with van der Waals surface area (Å²) in [7, 11) is 0. The van der Waals surface area contributed by atoms with E-state index >= 15 is 0 Å². The Balaban J connectivity index is 1.56. The molecule has 1 aliphatic rings. The molecule has 0 N–H and O–H groups in total. The van der Waals surface area contributed by atoms with E-state index in [2.05, 4.69) is 31.1 Å². The zero-order valence-electron chi connectivity index (χ0n) is 13.7. The van der Waals surface area contributed by atoms with Crippen molar-refractivity contribution in [3.8, 4) is 6.07 Å². The fourth-order valence-corrected chi connectivity index (χ4v) is 3.48. The van der Waals surface area contributed by atoms with Gasteiger partial charge in [0.05, 0.1) is 5.56 Å². The second-order valence-electron chi connectivity index (χ2n) is 6.00. The third kappa shape index (κ3) is 3.12. The molecule has 6 nitrogen and oxygen atoms in total. The average Bonchev–Trinajstić information content (AvgIpc) is 2.68. The number of benzene rings is 1. The Morgan fingerprint density at radius 1 is 0.923 bits per heavy atom. The zero-order chi connectivity index (χ0) is 18.1. The molecule has 26 heavy (non-hydrogen) atoms. The van der Waals surface area contributed by atoms with Gasteiger partial charge in [0, 0.05) is 48.2 Å². The number of fused-ring (bicyclic) bond motifs is 1. The van der Waals surface area contributed by atoms with Crippen LogP contribution < -0.4 is 9.80 Å². The standard InChI is InChI=1S/C18H14Cl2N6/c19-13-2-3-14-15(9-13)18(24-23-17(14)20)26-7-5-25(6-8-26)16-4-1-12(10-21)11-22-16/h1-4,9,11H,5-8H2. The number of rotatable bonds is 2. The van der Waals surface area contributed by atoms with Crippen LogP contribution in [-0.2, 0) is 0 Å². The van der Waals surface area contributed by atoms with E-state index in [4.69, 9.17) is 28.5 Å². The van der Waals surface area contributed by atoms with Gasteiger partial charge in [-0.25, -0.2) is 4.98 Å². The van der Waals surface area contributed by atoms with Gasteiger partial charge in [-0.1, -0.05) is 23.2 Å². The first-order chi connectivity index (χ1) is 12.7. The molecule has 3 heterocycles. The van der Waals surface area contributed by atoms with Crippen molar-refractivity contribution >= 4 is 45.6 Å². The predicted molar refractivity (Wildman–Crippen MR) is 103 cm³/mol. The minimum Gasteiger partial charge on any atom is -0.353 e. The second-order valence-corrected chi connectivity index (χ2v) is 6.79. The van der Waals surface area contributed by atoms with Crippen LogP contribution in [0.2, 0.25) is 10.2 Å². The Bertz CT molecular complexity index is 991. The first-order valence-electron chi connectivity index (χ1n) is 8.13. The molecule has 0 aliphatic carbocycles. The first-order valence-corrected chi connectivity index (χ1v) is 8.89. The van der Waals surface area contributed by atoms with Crippen LogP contribution in [0.5, 0.6) is 0 Å². The Morgan fingerprint density at radius 3 is 2.38 bits per heavy atom. The maximum Gasteiger partial charge on any atom is 0.159 e. The summed E-state index contributed by atoms with van der Waals surface area (Å²) in [5, 5.41) is 20.0. The third-order valence-corrected chi connectivity index (χ3v) is 4.97. The van der Waals surface area contributed by atoms with E-state index in [1.807, 2.05) is 18.2 Å². The van der Waals surface area contributed by atoms with Gasteiger partial charge >= 0.3 is 0 Å². The molecule has 0 saturated carbocycles. The van der Waals surface area contributed by atoms with Crippen LogP contribution in [0.25, 0.3) is 10.8 Å². The maximum absolute atomic E-state index is 8.88. The number of pyridine rings is 1. The lowest BCUT2D eigenvalue weighted by molar-refractivity contribution is 0.640. The van der Waals surface area contributed by atoms with Gasteiger partial charge in [-0.3, -0.25) is 0 Å². The van der Waals surface area contributed by atoms with Crippen molar-refractivity contribution in [3.63, 3.8) is 0 Å². The van der Waals surface area contributed by atoms with Crippen molar-refractivity contribution in [1.29, 1.82) is 5.26 Å². The molecule has 0 unspecified atom stereocenters. The SMILES string of the molecule is N#Cc1ccc(N2CCN(c3nnc(Cl)c4ccc(Cl)cc34)CC2)nc1. The molecule has 0 bridgehead atoms. The fraction of sp³-hybridized carbons (Fsp3) is 0.222. The molecule has 3 aromatic rings. The van der Waals surface area contributed by atoms with E-state index in [9.17, 15) is 0 Å². The van der Waals surface area contributed by atoms with E-state index in [0.717, 1.165) is 48.6 Å². The van der Waals surface area contributed by atoms with Crippen LogP contribution in [0.1, 0.15) is 5.56 Å². The lowest BCUT2D eigenvalue weighted by Gasteiger charge is -2.36. The lowest BCUT2D eigenvalue weighted by atomic mass is 10.1. The van der Waals surface area contributed by atoms with E-state index in [-0.39, 0.29) is 0 Å². The summed E-state index contributed by atoms with van der Waals surface area (Å²) in [6.45, 7) is 3.15. The molecule has 4 rings (SSSR count). The number of nitriles is 1. The number of nitrogens with zero attached hydrogens (tertiary/aromatic N) is 6. The lowest BCUT2D eigenvalue weighted by Crippen LogP contribution is -2.47. The molecular formula is C18H14Cl2N6. The minimum absolute atomic E-state index is 0.376. The summed E-state index contributed by atoms with van der Waals surface area (Å²) >= 11 is 12.3. The molecule has 1 aliphatic heterocycles. The van der Waals surface area contributed by atoms with Crippen LogP contribution in [0.15, 0.2) is 36.5 Å². The summed E-state index contributed by atoms with van der Waals surface area (Å²) in [5.41, 5.74) is 0.562. The molecule has 1 saturated heterocycles. The van der Waals surface area contributed by atoms with Crippen LogP contribution in [-0.4, -0.2) is 41.4 Å². The number of anilines is 2. The third-order valence-electron chi connectivity index (χ3n) is 4.46. The first kappa shape index (κ1) is 16.8. The molecule has 2 aromatic heterocycles. The van der Waals surface area contributed by atoms with Crippen LogP contribution in [0.4, 0.5) is 11.6 Å². The quantitative estimate of drug-likeness (QED) is 0.672. The second kappa shape index (κ2) is 6.94. The molecule has 0 radical (unpaired) electrons. The molecule has 1 aromatic carbocycles. The molecule has 0 spiro atoms. The van der Waals surface area contributed by atoms with Gasteiger partial charge in [-0.15, -0.1) is 10.2 Å². The van der Waals surface area contributed by atoms with Crippen LogP contribution in [0, 0.1) is 11.3 Å². The number of halogens is 2. The number of piperazine rings is 1. The molecule has 8 heteroatoms. The summed E-state index contributed by atoms with van der Waals surface area (Å²) in [6, 6.07) is 11.3. The normalized spacial score (nSPS) is 14.5. The van der Waals surface area contributed by atoms with Gasteiger partial charge in [-0.05, 0) is 30.3 Å². The van der Waals surface area contributed by atoms with Crippen LogP contribution in [0.3, 0.4) is 0 Å². The van der Waals surface area contributed by atoms with Gasteiger partial charge in [0.2, 0.25) is 0 Å². The Hall–Kier alpha value is -2.62. The highest BCUT2D eigenvalue weighted by Gasteiger charge is 2.22. The summed E-state index contributed by atoms with van der Waals surface area (Å²) < 4.78 is 0. The number of aromatic nitrogens is 3. The predicted octanol–water partition coefficient (Wildman–Crippen LogP) is 3.53.